The Kier molecular flexibility index (Phi) is 7.90. The van der Waals surface area contributed by atoms with E-state index in [2.05, 4.69) is 24.0 Å². The summed E-state index contributed by atoms with van der Waals surface area (Å²) in [5, 5.41) is 0. The first kappa shape index (κ1) is 28.5. The van der Waals surface area contributed by atoms with Gasteiger partial charge < -0.3 is 9.47 Å². The number of rotatable bonds is 7. The Labute approximate surface area is 229 Å². The largest absolute Gasteiger partial charge is 0.497 e. The molecule has 3 aliphatic rings. The number of methoxy groups -OCH3 is 1. The third-order valence-corrected chi connectivity index (χ3v) is 8.24. The van der Waals surface area contributed by atoms with Crippen molar-refractivity contribution < 1.29 is 35.8 Å². The van der Waals surface area contributed by atoms with Gasteiger partial charge in [-0.1, -0.05) is 43.3 Å². The Balaban J connectivity index is 1.37. The quantitative estimate of drug-likeness (QED) is 0.271. The maximum Gasteiger partial charge on any atom is 0.416 e. The number of benzene rings is 3. The SMILES string of the molecule is COc1cccc(-c2ccc(C(C)C3C(OCc4cc(C(F)(F)F)cc(C(F)(F)F)c4)C4CCN3CC4)cc2)c1. The van der Waals surface area contributed by atoms with E-state index in [1.54, 1.807) is 7.11 Å². The van der Waals surface area contributed by atoms with Gasteiger partial charge in [-0.05, 0) is 90.4 Å². The first-order chi connectivity index (χ1) is 18.9. The zero-order chi connectivity index (χ0) is 28.7. The molecule has 0 spiro atoms. The summed E-state index contributed by atoms with van der Waals surface area (Å²) in [5.74, 6) is 1.00. The van der Waals surface area contributed by atoms with E-state index in [1.165, 1.54) is 0 Å². The van der Waals surface area contributed by atoms with Crippen LogP contribution in [0.15, 0.2) is 66.7 Å². The Morgan fingerprint density at radius 3 is 2.02 bits per heavy atom. The molecule has 2 bridgehead atoms. The Hall–Kier alpha value is -3.04. The first-order valence-corrected chi connectivity index (χ1v) is 13.3. The molecule has 0 aromatic heterocycles. The summed E-state index contributed by atoms with van der Waals surface area (Å²) in [7, 11) is 1.62. The second-order valence-corrected chi connectivity index (χ2v) is 10.7. The van der Waals surface area contributed by atoms with Crippen molar-refractivity contribution in [3.8, 4) is 16.9 Å². The maximum absolute atomic E-state index is 13.4. The lowest BCUT2D eigenvalue weighted by atomic mass is 9.74. The van der Waals surface area contributed by atoms with Crippen LogP contribution in [0.4, 0.5) is 26.3 Å². The van der Waals surface area contributed by atoms with Crippen LogP contribution < -0.4 is 4.74 Å². The predicted molar refractivity (Wildman–Crippen MR) is 140 cm³/mol. The standard InChI is InChI=1S/C31H31F6NO2/c1-19(21-6-8-22(9-7-21)24-4-3-5-27(16-24)39-2)28-29(23-10-12-38(28)13-11-23)40-18-20-14-25(30(32,33)34)17-26(15-20)31(35,36)37/h3-9,14-17,19,23,28-29H,10-13,18H2,1-2H3. The summed E-state index contributed by atoms with van der Waals surface area (Å²) in [4.78, 5) is 2.35. The lowest BCUT2D eigenvalue weighted by Gasteiger charge is -2.52. The van der Waals surface area contributed by atoms with Gasteiger partial charge in [0.15, 0.2) is 0 Å². The fourth-order valence-corrected chi connectivity index (χ4v) is 6.14. The molecule has 0 aliphatic carbocycles. The van der Waals surface area contributed by atoms with Crippen molar-refractivity contribution in [2.24, 2.45) is 5.92 Å². The van der Waals surface area contributed by atoms with E-state index in [0.717, 1.165) is 60.5 Å². The zero-order valence-corrected chi connectivity index (χ0v) is 22.2. The summed E-state index contributed by atoms with van der Waals surface area (Å²) >= 11 is 0. The number of nitrogens with zero attached hydrogens (tertiary/aromatic N) is 1. The highest BCUT2D eigenvalue weighted by Crippen LogP contribution is 2.42. The van der Waals surface area contributed by atoms with E-state index in [0.29, 0.717) is 0 Å². The molecule has 3 heterocycles. The lowest BCUT2D eigenvalue weighted by molar-refractivity contribution is -0.143. The lowest BCUT2D eigenvalue weighted by Crippen LogP contribution is -2.60. The van der Waals surface area contributed by atoms with Crippen LogP contribution in [-0.2, 0) is 23.7 Å². The van der Waals surface area contributed by atoms with Gasteiger partial charge in [0, 0.05) is 6.04 Å². The minimum absolute atomic E-state index is 0.0388. The molecule has 3 aliphatic heterocycles. The summed E-state index contributed by atoms with van der Waals surface area (Å²) in [6.45, 7) is 3.57. The molecule has 0 N–H and O–H groups in total. The zero-order valence-electron chi connectivity index (χ0n) is 22.2. The van der Waals surface area contributed by atoms with Crippen LogP contribution in [0.5, 0.6) is 5.75 Å². The van der Waals surface area contributed by atoms with Gasteiger partial charge in [0.25, 0.3) is 0 Å². The fourth-order valence-electron chi connectivity index (χ4n) is 6.14. The molecule has 0 amide bonds. The highest BCUT2D eigenvalue weighted by Gasteiger charge is 2.45. The third kappa shape index (κ3) is 6.00. The molecule has 0 saturated carbocycles. The summed E-state index contributed by atoms with van der Waals surface area (Å²) in [5.41, 5.74) is 0.383. The van der Waals surface area contributed by atoms with Gasteiger partial charge in [0.2, 0.25) is 0 Å². The average Bonchev–Trinajstić information content (AvgIpc) is 2.95. The Morgan fingerprint density at radius 1 is 0.825 bits per heavy atom. The van der Waals surface area contributed by atoms with Crippen molar-refractivity contribution in [3.05, 3.63) is 89.0 Å². The van der Waals surface area contributed by atoms with Crippen LogP contribution >= 0.6 is 0 Å². The van der Waals surface area contributed by atoms with Crippen molar-refractivity contribution in [1.82, 2.24) is 4.90 Å². The van der Waals surface area contributed by atoms with E-state index in [9.17, 15) is 26.3 Å². The first-order valence-electron chi connectivity index (χ1n) is 13.3. The minimum Gasteiger partial charge on any atom is -0.497 e. The molecule has 3 fully saturated rings. The molecule has 9 heteroatoms. The highest BCUT2D eigenvalue weighted by molar-refractivity contribution is 5.65. The number of alkyl halides is 6. The van der Waals surface area contributed by atoms with Crippen molar-refractivity contribution in [2.45, 2.75) is 56.8 Å². The summed E-state index contributed by atoms with van der Waals surface area (Å²) < 4.78 is 91.7. The summed E-state index contributed by atoms with van der Waals surface area (Å²) in [6, 6.07) is 17.7. The van der Waals surface area contributed by atoms with Gasteiger partial charge in [-0.15, -0.1) is 0 Å². The monoisotopic (exact) mass is 563 g/mol. The number of hydrogen-bond donors (Lipinski definition) is 0. The van der Waals surface area contributed by atoms with Gasteiger partial charge in [0.1, 0.15) is 5.75 Å². The van der Waals surface area contributed by atoms with Crippen LogP contribution in [0.3, 0.4) is 0 Å². The second-order valence-electron chi connectivity index (χ2n) is 10.7. The number of hydrogen-bond acceptors (Lipinski definition) is 3. The van der Waals surface area contributed by atoms with Crippen LogP contribution in [-0.4, -0.2) is 37.2 Å². The summed E-state index contributed by atoms with van der Waals surface area (Å²) in [6.07, 6.45) is -8.31. The van der Waals surface area contributed by atoms with Crippen molar-refractivity contribution in [2.75, 3.05) is 20.2 Å². The molecule has 0 radical (unpaired) electrons. The topological polar surface area (TPSA) is 21.7 Å². The van der Waals surface area contributed by atoms with Crippen LogP contribution in [0, 0.1) is 5.92 Å². The normalized spacial score (nSPS) is 23.7. The van der Waals surface area contributed by atoms with Gasteiger partial charge in [-0.2, -0.15) is 26.3 Å². The van der Waals surface area contributed by atoms with E-state index < -0.39 is 23.5 Å². The predicted octanol–water partition coefficient (Wildman–Crippen LogP) is 8.18. The Morgan fingerprint density at radius 2 is 1.45 bits per heavy atom. The number of piperidine rings is 3. The molecule has 214 valence electrons. The van der Waals surface area contributed by atoms with Crippen molar-refractivity contribution >= 4 is 0 Å². The fraction of sp³-hybridized carbons (Fsp3) is 0.419. The molecule has 3 saturated heterocycles. The Bertz CT molecular complexity index is 1280. The molecule has 3 aromatic carbocycles. The molecule has 40 heavy (non-hydrogen) atoms. The molecule has 3 unspecified atom stereocenters. The van der Waals surface area contributed by atoms with Crippen molar-refractivity contribution in [3.63, 3.8) is 0 Å². The van der Waals surface area contributed by atoms with Crippen LogP contribution in [0.1, 0.15) is 47.9 Å². The molecular formula is C31H31F6NO2. The van der Waals surface area contributed by atoms with Crippen LogP contribution in [0.2, 0.25) is 0 Å². The number of halogens is 6. The number of ether oxygens (including phenoxy) is 2. The molecule has 3 nitrogen and oxygen atoms in total. The van der Waals surface area contributed by atoms with E-state index in [-0.39, 0.29) is 42.2 Å². The van der Waals surface area contributed by atoms with Gasteiger partial charge in [0.05, 0.1) is 30.9 Å². The van der Waals surface area contributed by atoms with Gasteiger partial charge >= 0.3 is 12.4 Å². The third-order valence-electron chi connectivity index (χ3n) is 8.24. The smallest absolute Gasteiger partial charge is 0.416 e. The van der Waals surface area contributed by atoms with E-state index >= 15 is 0 Å². The molecule has 3 atom stereocenters. The highest BCUT2D eigenvalue weighted by atomic mass is 19.4. The van der Waals surface area contributed by atoms with E-state index in [1.807, 2.05) is 36.4 Å². The number of fused-ring (bicyclic) bond motifs is 3. The molecular weight excluding hydrogens is 532 g/mol. The maximum atomic E-state index is 13.4. The molecule has 6 rings (SSSR count). The minimum atomic E-state index is -4.89. The van der Waals surface area contributed by atoms with Crippen LogP contribution in [0.25, 0.3) is 11.1 Å². The molecule has 3 aromatic rings. The second kappa shape index (κ2) is 11.1. The van der Waals surface area contributed by atoms with Gasteiger partial charge in [-0.3, -0.25) is 4.90 Å². The average molecular weight is 564 g/mol. The van der Waals surface area contributed by atoms with E-state index in [4.69, 9.17) is 9.47 Å². The van der Waals surface area contributed by atoms with Crippen molar-refractivity contribution in [1.29, 1.82) is 0 Å². The van der Waals surface area contributed by atoms with Gasteiger partial charge in [-0.25, -0.2) is 0 Å².